The van der Waals surface area contributed by atoms with E-state index in [0.717, 1.165) is 48.7 Å². The molecule has 62 heavy (non-hydrogen) atoms. The van der Waals surface area contributed by atoms with Gasteiger partial charge in [-0.3, -0.25) is 24.6 Å². The minimum absolute atomic E-state index is 0.0164. The van der Waals surface area contributed by atoms with Gasteiger partial charge in [0.15, 0.2) is 5.82 Å². The molecule has 2 aliphatic rings. The van der Waals surface area contributed by atoms with Gasteiger partial charge in [0.1, 0.15) is 5.60 Å². The molecule has 6 heterocycles. The number of benzene rings is 1. The Labute approximate surface area is 372 Å². The first-order chi connectivity index (χ1) is 29.5. The zero-order chi connectivity index (χ0) is 44.5. The second-order valence-corrected chi connectivity index (χ2v) is 17.7. The molecule has 4 aromatic heterocycles. The molecular weight excluding hydrogens is 831 g/mol. The second kappa shape index (κ2) is 18.5. The molecule has 2 aliphatic heterocycles. The number of aromatic amines is 1. The highest BCUT2D eigenvalue weighted by atomic mass is 35.5. The summed E-state index contributed by atoms with van der Waals surface area (Å²) in [5.41, 5.74) is 7.66. The number of imidazole rings is 1. The van der Waals surface area contributed by atoms with Crippen LogP contribution in [0.5, 0.6) is 5.88 Å². The zero-order valence-electron chi connectivity index (χ0n) is 36.6. The van der Waals surface area contributed by atoms with E-state index in [-0.39, 0.29) is 29.4 Å². The summed E-state index contributed by atoms with van der Waals surface area (Å²) in [6.07, 6.45) is 4.08. The van der Waals surface area contributed by atoms with Gasteiger partial charge in [-0.05, 0) is 83.7 Å². The van der Waals surface area contributed by atoms with Crippen LogP contribution < -0.4 is 10.1 Å². The standard InChI is InChI=1S/C45H54Cl2N10O5/c1-26-31(27(2)53-52-26)17-20-55-21-18-37-36(25-55)49-41(54(37)7)42(59)50-35-11-9-10-33(38(35)46)40-39(47)32(14-19-48-40)34-13-12-29(43(51-34)61-8)24-57(44(60)62-45(4,5)6)30-15-22-56(23-16-30)28(3)58/h9-14,19,30H,15-18,20-25H2,1-8H3,(H,50,59)(H,52,53). The van der Waals surface area contributed by atoms with E-state index in [0.29, 0.717) is 83.0 Å². The van der Waals surface area contributed by atoms with E-state index in [2.05, 4.69) is 25.4 Å². The number of fused-ring (bicyclic) bond motifs is 1. The average Bonchev–Trinajstić information content (AvgIpc) is 3.75. The summed E-state index contributed by atoms with van der Waals surface area (Å²) >= 11 is 14.1. The number of anilines is 1. The average molecular weight is 886 g/mol. The number of aromatic nitrogens is 6. The van der Waals surface area contributed by atoms with E-state index in [1.165, 1.54) is 12.7 Å². The van der Waals surface area contributed by atoms with Gasteiger partial charge in [-0.15, -0.1) is 0 Å². The third-order valence-electron chi connectivity index (χ3n) is 11.6. The predicted octanol–water partition coefficient (Wildman–Crippen LogP) is 7.80. The van der Waals surface area contributed by atoms with E-state index < -0.39 is 11.7 Å². The van der Waals surface area contributed by atoms with Gasteiger partial charge >= 0.3 is 6.09 Å². The second-order valence-electron chi connectivity index (χ2n) is 16.9. The molecule has 0 atom stereocenters. The van der Waals surface area contributed by atoms with Crippen molar-refractivity contribution in [3.05, 3.63) is 92.4 Å². The lowest BCUT2D eigenvalue weighted by atomic mass is 10.0. The van der Waals surface area contributed by atoms with Gasteiger partial charge in [0.05, 0.1) is 52.2 Å². The number of amides is 3. The number of hydrogen-bond acceptors (Lipinski definition) is 10. The summed E-state index contributed by atoms with van der Waals surface area (Å²) in [5, 5.41) is 10.9. The van der Waals surface area contributed by atoms with Crippen LogP contribution in [0.1, 0.15) is 85.1 Å². The van der Waals surface area contributed by atoms with E-state index >= 15 is 0 Å². The molecule has 17 heteroatoms. The van der Waals surface area contributed by atoms with Crippen LogP contribution in [0.4, 0.5) is 10.5 Å². The van der Waals surface area contributed by atoms with Crippen LogP contribution in [0, 0.1) is 13.8 Å². The minimum atomic E-state index is -0.701. The minimum Gasteiger partial charge on any atom is -0.481 e. The predicted molar refractivity (Wildman–Crippen MR) is 238 cm³/mol. The van der Waals surface area contributed by atoms with Crippen molar-refractivity contribution < 1.29 is 23.9 Å². The number of hydrogen-bond donors (Lipinski definition) is 2. The molecule has 328 valence electrons. The molecule has 2 N–H and O–H groups in total. The largest absolute Gasteiger partial charge is 0.481 e. The summed E-state index contributed by atoms with van der Waals surface area (Å²) in [5.74, 6) is 0.252. The SMILES string of the molecule is COc1nc(-c2ccnc(-c3cccc(NC(=O)c4nc5c(n4C)CCN(CCc4c(C)n[nH]c4C)C5)c3Cl)c2Cl)ccc1CN(C(=O)OC(C)(C)C)C1CCN(C(C)=O)CC1. The Morgan fingerprint density at radius 3 is 2.44 bits per heavy atom. The number of nitrogens with one attached hydrogen (secondary N) is 2. The summed E-state index contributed by atoms with van der Waals surface area (Å²) in [6, 6.07) is 10.6. The topological polar surface area (TPSA) is 164 Å². The van der Waals surface area contributed by atoms with Crippen molar-refractivity contribution in [3.63, 3.8) is 0 Å². The zero-order valence-corrected chi connectivity index (χ0v) is 38.1. The highest BCUT2D eigenvalue weighted by Gasteiger charge is 2.33. The fourth-order valence-corrected chi connectivity index (χ4v) is 8.84. The number of H-pyrrole nitrogens is 1. The van der Waals surface area contributed by atoms with E-state index in [9.17, 15) is 14.4 Å². The fraction of sp³-hybridized carbons (Fsp3) is 0.444. The summed E-state index contributed by atoms with van der Waals surface area (Å²) in [7, 11) is 3.40. The number of likely N-dealkylation sites (tertiary alicyclic amines) is 1. The maximum Gasteiger partial charge on any atom is 0.410 e. The molecule has 5 aromatic rings. The van der Waals surface area contributed by atoms with Crippen molar-refractivity contribution in [2.45, 2.75) is 92.0 Å². The van der Waals surface area contributed by atoms with Crippen molar-refractivity contribution in [3.8, 4) is 28.4 Å². The number of ether oxygens (including phenoxy) is 2. The van der Waals surface area contributed by atoms with Crippen LogP contribution in [0.15, 0.2) is 42.6 Å². The van der Waals surface area contributed by atoms with Crippen molar-refractivity contribution >= 4 is 46.8 Å². The Morgan fingerprint density at radius 2 is 1.76 bits per heavy atom. The molecule has 0 bridgehead atoms. The molecule has 15 nitrogen and oxygen atoms in total. The van der Waals surface area contributed by atoms with Crippen LogP contribution >= 0.6 is 23.2 Å². The molecule has 1 aromatic carbocycles. The fourth-order valence-electron chi connectivity index (χ4n) is 8.26. The molecule has 3 amide bonds. The van der Waals surface area contributed by atoms with Gasteiger partial charge in [0.2, 0.25) is 11.8 Å². The number of methoxy groups -OCH3 is 1. The molecule has 0 unspecified atom stereocenters. The first-order valence-electron chi connectivity index (χ1n) is 20.8. The van der Waals surface area contributed by atoms with E-state index in [1.807, 2.05) is 58.4 Å². The van der Waals surface area contributed by atoms with Gasteiger partial charge in [0, 0.05) is 93.4 Å². The van der Waals surface area contributed by atoms with Crippen molar-refractivity contribution in [2.75, 3.05) is 38.6 Å². The number of halogens is 2. The Bertz CT molecular complexity index is 2470. The van der Waals surface area contributed by atoms with Crippen molar-refractivity contribution in [2.24, 2.45) is 7.05 Å². The van der Waals surface area contributed by atoms with Crippen LogP contribution in [-0.2, 0) is 42.5 Å². The molecule has 1 fully saturated rings. The van der Waals surface area contributed by atoms with Gasteiger partial charge in [-0.2, -0.15) is 5.10 Å². The summed E-state index contributed by atoms with van der Waals surface area (Å²) < 4.78 is 13.5. The third kappa shape index (κ3) is 9.59. The molecule has 0 saturated carbocycles. The third-order valence-corrected chi connectivity index (χ3v) is 12.4. The number of piperidine rings is 1. The van der Waals surface area contributed by atoms with Crippen LogP contribution in [0.25, 0.3) is 22.5 Å². The monoisotopic (exact) mass is 884 g/mol. The van der Waals surface area contributed by atoms with E-state index in [1.54, 1.807) is 47.2 Å². The Balaban J connectivity index is 1.08. The maximum atomic E-state index is 13.8. The van der Waals surface area contributed by atoms with Gasteiger partial charge < -0.3 is 29.2 Å². The highest BCUT2D eigenvalue weighted by molar-refractivity contribution is 6.39. The molecule has 0 aliphatic carbocycles. The number of carbonyl (C=O) groups excluding carboxylic acids is 3. The Morgan fingerprint density at radius 1 is 1.00 bits per heavy atom. The smallest absolute Gasteiger partial charge is 0.410 e. The lowest BCUT2D eigenvalue weighted by Gasteiger charge is -2.39. The van der Waals surface area contributed by atoms with Crippen LogP contribution in [0.2, 0.25) is 10.0 Å². The van der Waals surface area contributed by atoms with Crippen LogP contribution in [0.3, 0.4) is 0 Å². The van der Waals surface area contributed by atoms with Gasteiger partial charge in [-0.1, -0.05) is 35.3 Å². The lowest BCUT2D eigenvalue weighted by molar-refractivity contribution is -0.130. The summed E-state index contributed by atoms with van der Waals surface area (Å²) in [6.45, 7) is 14.8. The lowest BCUT2D eigenvalue weighted by Crippen LogP contribution is -2.49. The number of nitrogens with zero attached hydrogens (tertiary/aromatic N) is 8. The maximum absolute atomic E-state index is 13.8. The number of rotatable bonds is 11. The molecule has 1 saturated heterocycles. The highest BCUT2D eigenvalue weighted by Crippen LogP contribution is 2.40. The quantitative estimate of drug-likeness (QED) is 0.134. The first kappa shape index (κ1) is 44.5. The normalized spacial score (nSPS) is 14.7. The molecule has 0 spiro atoms. The van der Waals surface area contributed by atoms with Crippen molar-refractivity contribution in [1.29, 1.82) is 0 Å². The number of pyridine rings is 2. The molecular formula is C45H54Cl2N10O5. The Hall–Kier alpha value is -5.51. The van der Waals surface area contributed by atoms with Crippen molar-refractivity contribution in [1.82, 2.24) is 44.4 Å². The van der Waals surface area contributed by atoms with Crippen LogP contribution in [-0.4, -0.2) is 107 Å². The molecule has 7 rings (SSSR count). The van der Waals surface area contributed by atoms with Gasteiger partial charge in [0.25, 0.3) is 5.91 Å². The van der Waals surface area contributed by atoms with E-state index in [4.69, 9.17) is 42.6 Å². The molecule has 0 radical (unpaired) electrons. The van der Waals surface area contributed by atoms with Gasteiger partial charge in [-0.25, -0.2) is 14.8 Å². The number of aryl methyl sites for hydroxylation is 2. The first-order valence-corrected chi connectivity index (χ1v) is 21.6. The Kier molecular flexibility index (Phi) is 13.3. The summed E-state index contributed by atoms with van der Waals surface area (Å²) in [4.78, 5) is 59.5. The number of carbonyl (C=O) groups is 3.